The van der Waals surface area contributed by atoms with Gasteiger partial charge in [-0.2, -0.15) is 5.10 Å². The fraction of sp³-hybridized carbons (Fsp3) is 0.0417. The van der Waals surface area contributed by atoms with E-state index in [0.717, 1.165) is 5.56 Å². The Morgan fingerprint density at radius 3 is 2.61 bits per heavy atom. The van der Waals surface area contributed by atoms with Crippen LogP contribution >= 0.6 is 11.6 Å². The standard InChI is InChI=1S/C24H16ClN7O4/c25-17-3-1-15(2-4-17)14-32-23(34)20(30-22(33)16-11-27-28-12-16)13-26-24(32)29-18-5-7-19(8-6-18)36-21-9-10-35-31-21/h1-13H,14H2,(H,27,28). The van der Waals surface area contributed by atoms with Crippen LogP contribution in [-0.4, -0.2) is 50.0 Å². The predicted octanol–water partition coefficient (Wildman–Crippen LogP) is 4.23. The number of aromatic nitrogens is 3. The molecule has 4 aromatic rings. The van der Waals surface area contributed by atoms with Gasteiger partial charge in [-0.3, -0.25) is 19.6 Å². The second kappa shape index (κ2) is 10.2. The number of ether oxygens (including phenoxy) is 1. The highest BCUT2D eigenvalue weighted by atomic mass is 35.5. The number of halogens is 1. The van der Waals surface area contributed by atoms with Gasteiger partial charge in [0, 0.05) is 17.3 Å². The predicted molar refractivity (Wildman–Crippen MR) is 131 cm³/mol. The van der Waals surface area contributed by atoms with E-state index in [2.05, 4.69) is 30.3 Å². The molecule has 2 amide bonds. The number of nitrogens with zero attached hydrogens (tertiary/aromatic N) is 6. The van der Waals surface area contributed by atoms with Crippen LogP contribution in [0.3, 0.4) is 0 Å². The molecule has 0 atom stereocenters. The summed E-state index contributed by atoms with van der Waals surface area (Å²) < 4.78 is 10.3. The number of aromatic amines is 1. The first-order valence-electron chi connectivity index (χ1n) is 10.5. The molecule has 0 bridgehead atoms. The molecule has 1 N–H and O–H groups in total. The zero-order chi connectivity index (χ0) is 24.9. The van der Waals surface area contributed by atoms with Gasteiger partial charge >= 0.3 is 0 Å². The van der Waals surface area contributed by atoms with Crippen LogP contribution in [0, 0.1) is 0 Å². The van der Waals surface area contributed by atoms with Gasteiger partial charge in [-0.05, 0) is 47.1 Å². The number of rotatable bonds is 6. The molecular weight excluding hydrogens is 486 g/mol. The van der Waals surface area contributed by atoms with E-state index >= 15 is 0 Å². The molecule has 12 heteroatoms. The number of nitrogens with one attached hydrogen (secondary N) is 1. The molecular formula is C24H16ClN7O4. The van der Waals surface area contributed by atoms with Crippen molar-refractivity contribution in [3.05, 3.63) is 89.4 Å². The molecule has 2 aromatic heterocycles. The number of H-pyrrole nitrogens is 1. The normalized spacial score (nSPS) is 15.6. The highest BCUT2D eigenvalue weighted by Crippen LogP contribution is 2.24. The Bertz CT molecular complexity index is 1460. The van der Waals surface area contributed by atoms with Gasteiger partial charge in [0.1, 0.15) is 12.0 Å². The molecule has 0 saturated heterocycles. The van der Waals surface area contributed by atoms with Crippen LogP contribution in [0.2, 0.25) is 5.02 Å². The van der Waals surface area contributed by atoms with E-state index in [0.29, 0.717) is 22.3 Å². The van der Waals surface area contributed by atoms with E-state index in [1.54, 1.807) is 54.6 Å². The molecule has 0 unspecified atom stereocenters. The Morgan fingerprint density at radius 1 is 1.11 bits per heavy atom. The second-order valence-corrected chi connectivity index (χ2v) is 7.85. The molecule has 0 spiro atoms. The van der Waals surface area contributed by atoms with Crippen molar-refractivity contribution >= 4 is 47.0 Å². The number of guanidine groups is 1. The Balaban J connectivity index is 1.44. The monoisotopic (exact) mass is 501 g/mol. The second-order valence-electron chi connectivity index (χ2n) is 7.41. The van der Waals surface area contributed by atoms with Crippen molar-refractivity contribution in [2.24, 2.45) is 15.0 Å². The van der Waals surface area contributed by atoms with E-state index in [4.69, 9.17) is 20.9 Å². The van der Waals surface area contributed by atoms with Gasteiger partial charge in [0.15, 0.2) is 5.71 Å². The summed E-state index contributed by atoms with van der Waals surface area (Å²) >= 11 is 5.99. The minimum Gasteiger partial charge on any atom is -0.436 e. The van der Waals surface area contributed by atoms with Crippen molar-refractivity contribution < 1.29 is 18.8 Å². The lowest BCUT2D eigenvalue weighted by Crippen LogP contribution is -2.44. The van der Waals surface area contributed by atoms with E-state index in [-0.39, 0.29) is 23.8 Å². The highest BCUT2D eigenvalue weighted by molar-refractivity contribution is 6.64. The smallest absolute Gasteiger partial charge is 0.281 e. The molecule has 2 aromatic carbocycles. The van der Waals surface area contributed by atoms with Gasteiger partial charge in [0.25, 0.3) is 17.7 Å². The van der Waals surface area contributed by atoms with Crippen LogP contribution in [-0.2, 0) is 11.3 Å². The zero-order valence-electron chi connectivity index (χ0n) is 18.4. The number of carbonyl (C=O) groups excluding carboxylic acids is 2. The lowest BCUT2D eigenvalue weighted by molar-refractivity contribution is -0.120. The van der Waals surface area contributed by atoms with Gasteiger partial charge in [-0.1, -0.05) is 23.7 Å². The maximum Gasteiger partial charge on any atom is 0.281 e. The third-order valence-corrected chi connectivity index (χ3v) is 5.18. The van der Waals surface area contributed by atoms with Crippen LogP contribution in [0.4, 0.5) is 5.69 Å². The Labute approximate surface area is 208 Å². The van der Waals surface area contributed by atoms with Gasteiger partial charge in [0.2, 0.25) is 5.96 Å². The first-order valence-corrected chi connectivity index (χ1v) is 10.9. The topological polar surface area (TPSA) is 138 Å². The van der Waals surface area contributed by atoms with Gasteiger partial charge in [0.05, 0.1) is 30.2 Å². The molecule has 3 heterocycles. The van der Waals surface area contributed by atoms with Crippen LogP contribution in [0.5, 0.6) is 11.6 Å². The summed E-state index contributed by atoms with van der Waals surface area (Å²) in [5, 5.41) is 10.5. The van der Waals surface area contributed by atoms with Crippen LogP contribution in [0.15, 0.2) is 92.8 Å². The number of aliphatic imine (C=N–C) groups is 3. The zero-order valence-corrected chi connectivity index (χ0v) is 19.2. The van der Waals surface area contributed by atoms with E-state index in [9.17, 15) is 9.59 Å². The summed E-state index contributed by atoms with van der Waals surface area (Å²) in [6.45, 7) is 0.137. The Kier molecular flexibility index (Phi) is 6.45. The summed E-state index contributed by atoms with van der Waals surface area (Å²) in [4.78, 5) is 39.8. The molecule has 0 radical (unpaired) electrons. The van der Waals surface area contributed by atoms with Crippen molar-refractivity contribution in [2.75, 3.05) is 0 Å². The van der Waals surface area contributed by atoms with Crippen molar-refractivity contribution in [3.8, 4) is 11.6 Å². The van der Waals surface area contributed by atoms with Crippen molar-refractivity contribution in [2.45, 2.75) is 6.54 Å². The van der Waals surface area contributed by atoms with Crippen molar-refractivity contribution in [3.63, 3.8) is 0 Å². The molecule has 5 rings (SSSR count). The first-order chi connectivity index (χ1) is 17.5. The van der Waals surface area contributed by atoms with Gasteiger partial charge in [-0.15, -0.1) is 0 Å². The maximum absolute atomic E-state index is 13.3. The molecule has 36 heavy (non-hydrogen) atoms. The minimum atomic E-state index is -0.618. The van der Waals surface area contributed by atoms with Crippen LogP contribution < -0.4 is 4.74 Å². The lowest BCUT2D eigenvalue weighted by Gasteiger charge is -2.24. The van der Waals surface area contributed by atoms with Crippen LogP contribution in [0.25, 0.3) is 0 Å². The summed E-state index contributed by atoms with van der Waals surface area (Å²) in [5.41, 5.74) is 1.42. The van der Waals surface area contributed by atoms with Crippen molar-refractivity contribution in [1.29, 1.82) is 0 Å². The molecule has 0 saturated carbocycles. The third kappa shape index (κ3) is 5.26. The quantitative estimate of drug-likeness (QED) is 0.419. The molecule has 1 aliphatic rings. The Hall–Kier alpha value is -4.90. The number of amides is 2. The van der Waals surface area contributed by atoms with E-state index in [1.165, 1.54) is 29.8 Å². The fourth-order valence-corrected chi connectivity index (χ4v) is 3.30. The molecule has 1 aliphatic heterocycles. The number of benzene rings is 2. The lowest BCUT2D eigenvalue weighted by atomic mass is 10.2. The summed E-state index contributed by atoms with van der Waals surface area (Å²) in [6, 6.07) is 15.4. The maximum atomic E-state index is 13.3. The first kappa shape index (κ1) is 22.9. The highest BCUT2D eigenvalue weighted by Gasteiger charge is 2.29. The number of hydrogen-bond donors (Lipinski definition) is 1. The fourth-order valence-electron chi connectivity index (χ4n) is 3.17. The summed E-state index contributed by atoms with van der Waals surface area (Å²) in [6.07, 6.45) is 5.35. The van der Waals surface area contributed by atoms with E-state index < -0.39 is 11.8 Å². The summed E-state index contributed by atoms with van der Waals surface area (Å²) in [7, 11) is 0. The third-order valence-electron chi connectivity index (χ3n) is 4.93. The average Bonchev–Trinajstić information content (AvgIpc) is 3.60. The molecule has 178 valence electrons. The summed E-state index contributed by atoms with van der Waals surface area (Å²) in [5.74, 6) is -0.159. The van der Waals surface area contributed by atoms with Crippen molar-refractivity contribution in [1.82, 2.24) is 20.3 Å². The van der Waals surface area contributed by atoms with E-state index in [1.807, 2.05) is 0 Å². The largest absolute Gasteiger partial charge is 0.436 e. The van der Waals surface area contributed by atoms with Gasteiger partial charge in [-0.25, -0.2) is 15.0 Å². The Morgan fingerprint density at radius 2 is 1.92 bits per heavy atom. The number of hydrogen-bond acceptors (Lipinski definition) is 7. The molecule has 0 fully saturated rings. The molecule has 0 aliphatic carbocycles. The SMILES string of the molecule is O=C(N=C1C=NC(=Nc2ccc(Oc3ccon3)cc2)N(Cc2ccc(Cl)cc2)C1=O)c1cn[nH]c1. The van der Waals surface area contributed by atoms with Crippen LogP contribution in [0.1, 0.15) is 15.9 Å². The number of carbonyl (C=O) groups is 2. The molecule has 11 nitrogen and oxygen atoms in total. The minimum absolute atomic E-state index is 0.120. The van der Waals surface area contributed by atoms with Gasteiger partial charge < -0.3 is 9.26 Å². The average molecular weight is 502 g/mol.